The first kappa shape index (κ1) is 17.7. The summed E-state index contributed by atoms with van der Waals surface area (Å²) in [5.41, 5.74) is 0.390. The number of nitrogens with zero attached hydrogens (tertiary/aromatic N) is 4. The van der Waals surface area contributed by atoms with E-state index in [1.807, 2.05) is 24.9 Å². The van der Waals surface area contributed by atoms with E-state index in [9.17, 15) is 9.90 Å². The molecule has 0 radical (unpaired) electrons. The molecule has 0 spiro atoms. The van der Waals surface area contributed by atoms with E-state index in [1.165, 1.54) is 6.20 Å². The molecule has 1 fully saturated rings. The van der Waals surface area contributed by atoms with Gasteiger partial charge < -0.3 is 19.9 Å². The summed E-state index contributed by atoms with van der Waals surface area (Å²) in [6, 6.07) is 1.33. The first-order valence-electron chi connectivity index (χ1n) is 8.21. The number of halogens is 1. The van der Waals surface area contributed by atoms with Gasteiger partial charge in [0.25, 0.3) is 5.91 Å². The molecular weight excluding hydrogens is 342 g/mol. The molecule has 25 heavy (non-hydrogen) atoms. The van der Waals surface area contributed by atoms with E-state index in [1.54, 1.807) is 23.5 Å². The van der Waals surface area contributed by atoms with E-state index >= 15 is 0 Å². The summed E-state index contributed by atoms with van der Waals surface area (Å²) in [7, 11) is 3.67. The van der Waals surface area contributed by atoms with Crippen molar-refractivity contribution in [3.05, 3.63) is 41.6 Å². The molecule has 2 N–H and O–H groups in total. The minimum absolute atomic E-state index is 0.270. The van der Waals surface area contributed by atoms with Gasteiger partial charge in [-0.1, -0.05) is 11.6 Å². The molecule has 3 atom stereocenters. The number of amides is 1. The first-order valence-corrected chi connectivity index (χ1v) is 8.59. The molecule has 1 saturated carbocycles. The Kier molecular flexibility index (Phi) is 5.24. The van der Waals surface area contributed by atoms with E-state index in [2.05, 4.69) is 15.3 Å². The third-order valence-electron chi connectivity index (χ3n) is 4.48. The largest absolute Gasteiger partial charge is 0.391 e. The van der Waals surface area contributed by atoms with Crippen molar-refractivity contribution in [2.45, 2.75) is 31.5 Å². The normalized spacial score (nSPS) is 22.8. The molecule has 1 aliphatic rings. The van der Waals surface area contributed by atoms with Crippen LogP contribution in [0.3, 0.4) is 0 Å². The molecule has 0 aliphatic heterocycles. The van der Waals surface area contributed by atoms with E-state index in [0.29, 0.717) is 28.7 Å². The van der Waals surface area contributed by atoms with E-state index in [0.717, 1.165) is 13.0 Å². The van der Waals surface area contributed by atoms with Crippen molar-refractivity contribution in [2.75, 3.05) is 19.0 Å². The van der Waals surface area contributed by atoms with Crippen LogP contribution in [0.2, 0.25) is 5.02 Å². The van der Waals surface area contributed by atoms with Gasteiger partial charge >= 0.3 is 0 Å². The number of imidazole rings is 1. The molecule has 134 valence electrons. The topological polar surface area (TPSA) is 83.3 Å². The van der Waals surface area contributed by atoms with Crippen LogP contribution in [0.4, 0.5) is 5.82 Å². The summed E-state index contributed by atoms with van der Waals surface area (Å²) >= 11 is 6.17. The van der Waals surface area contributed by atoms with Crippen LogP contribution in [0.5, 0.6) is 0 Å². The van der Waals surface area contributed by atoms with Crippen molar-refractivity contribution in [1.82, 2.24) is 19.9 Å². The Morgan fingerprint density at radius 2 is 2.28 bits per heavy atom. The second-order valence-corrected chi connectivity index (χ2v) is 7.08. The average Bonchev–Trinajstić information content (AvgIpc) is 3.17. The molecule has 1 unspecified atom stereocenters. The number of aliphatic hydroxyl groups is 1. The quantitative estimate of drug-likeness (QED) is 0.842. The molecule has 3 rings (SSSR count). The van der Waals surface area contributed by atoms with Crippen LogP contribution < -0.4 is 10.2 Å². The highest BCUT2D eigenvalue weighted by molar-refractivity contribution is 6.33. The van der Waals surface area contributed by atoms with Gasteiger partial charge in [-0.3, -0.25) is 4.79 Å². The molecule has 2 aromatic rings. The van der Waals surface area contributed by atoms with Crippen molar-refractivity contribution >= 4 is 23.3 Å². The minimum Gasteiger partial charge on any atom is -0.391 e. The number of rotatable bonds is 5. The summed E-state index contributed by atoms with van der Waals surface area (Å²) in [5.74, 6) is 0.638. The Morgan fingerprint density at radius 1 is 1.48 bits per heavy atom. The number of aromatic nitrogens is 3. The van der Waals surface area contributed by atoms with Gasteiger partial charge in [0.1, 0.15) is 5.82 Å². The average molecular weight is 364 g/mol. The fraction of sp³-hybridized carbons (Fsp3) is 0.471. The highest BCUT2D eigenvalue weighted by atomic mass is 35.5. The third kappa shape index (κ3) is 4.11. The molecule has 2 heterocycles. The molecule has 1 aliphatic carbocycles. The number of carbonyl (C=O) groups excluding carboxylic acids is 1. The maximum Gasteiger partial charge on any atom is 0.253 e. The van der Waals surface area contributed by atoms with E-state index in [4.69, 9.17) is 11.6 Å². The van der Waals surface area contributed by atoms with Gasteiger partial charge in [0.2, 0.25) is 0 Å². The standard InChI is InChI=1S/C17H22ClN5O2/c1-22(2)16-13(18)7-12(8-20-16)17(25)21-14-5-11(6-15(14)24)9-23-4-3-19-10-23/h3-4,7-8,10-11,14-15,24H,5-6,9H2,1-2H3,(H,21,25)/t11?,14-,15-/m1/s1. The summed E-state index contributed by atoms with van der Waals surface area (Å²) in [6.07, 6.45) is 7.72. The Balaban J connectivity index is 1.62. The SMILES string of the molecule is CN(C)c1ncc(C(=O)N[C@@H]2CC(Cn3ccnc3)C[C@H]2O)cc1Cl. The maximum absolute atomic E-state index is 12.5. The fourth-order valence-corrected chi connectivity index (χ4v) is 3.59. The third-order valence-corrected chi connectivity index (χ3v) is 4.76. The van der Waals surface area contributed by atoms with Crippen LogP contribution in [-0.4, -0.2) is 51.8 Å². The highest BCUT2D eigenvalue weighted by Gasteiger charge is 2.34. The lowest BCUT2D eigenvalue weighted by Crippen LogP contribution is -2.40. The van der Waals surface area contributed by atoms with Gasteiger partial charge in [-0.2, -0.15) is 0 Å². The van der Waals surface area contributed by atoms with Crippen molar-refractivity contribution < 1.29 is 9.90 Å². The molecule has 2 aromatic heterocycles. The van der Waals surface area contributed by atoms with E-state index in [-0.39, 0.29) is 11.9 Å². The molecule has 1 amide bonds. The number of hydrogen-bond acceptors (Lipinski definition) is 5. The van der Waals surface area contributed by atoms with Crippen molar-refractivity contribution in [2.24, 2.45) is 5.92 Å². The zero-order valence-electron chi connectivity index (χ0n) is 14.3. The van der Waals surface area contributed by atoms with Crippen LogP contribution in [0.25, 0.3) is 0 Å². The van der Waals surface area contributed by atoms with Gasteiger partial charge in [0.15, 0.2) is 0 Å². The smallest absolute Gasteiger partial charge is 0.253 e. The van der Waals surface area contributed by atoms with Gasteiger partial charge in [-0.15, -0.1) is 0 Å². The zero-order chi connectivity index (χ0) is 18.0. The van der Waals surface area contributed by atoms with Crippen LogP contribution in [-0.2, 0) is 6.54 Å². The Morgan fingerprint density at radius 3 is 2.92 bits per heavy atom. The predicted molar refractivity (Wildman–Crippen MR) is 95.8 cm³/mol. The van der Waals surface area contributed by atoms with Gasteiger partial charge in [0, 0.05) is 39.2 Å². The fourth-order valence-electron chi connectivity index (χ4n) is 3.25. The summed E-state index contributed by atoms with van der Waals surface area (Å²) in [4.78, 5) is 22.5. The Hall–Kier alpha value is -2.12. The molecule has 0 aromatic carbocycles. The number of hydrogen-bond donors (Lipinski definition) is 2. The molecule has 8 heteroatoms. The highest BCUT2D eigenvalue weighted by Crippen LogP contribution is 2.28. The van der Waals surface area contributed by atoms with Crippen molar-refractivity contribution in [1.29, 1.82) is 0 Å². The lowest BCUT2D eigenvalue weighted by molar-refractivity contribution is 0.0872. The second-order valence-electron chi connectivity index (χ2n) is 6.67. The van der Waals surface area contributed by atoms with Gasteiger partial charge in [-0.25, -0.2) is 9.97 Å². The van der Waals surface area contributed by atoms with Crippen LogP contribution >= 0.6 is 11.6 Å². The van der Waals surface area contributed by atoms with Gasteiger partial charge in [0.05, 0.1) is 29.1 Å². The monoisotopic (exact) mass is 363 g/mol. The van der Waals surface area contributed by atoms with Crippen LogP contribution in [0.1, 0.15) is 23.2 Å². The van der Waals surface area contributed by atoms with E-state index < -0.39 is 6.10 Å². The number of pyridine rings is 1. The molecule has 0 bridgehead atoms. The Labute approximate surface area is 151 Å². The van der Waals surface area contributed by atoms with Crippen LogP contribution in [0.15, 0.2) is 31.0 Å². The predicted octanol–water partition coefficient (Wildman–Crippen LogP) is 1.57. The molecular formula is C17H22ClN5O2. The lowest BCUT2D eigenvalue weighted by Gasteiger charge is -2.17. The summed E-state index contributed by atoms with van der Waals surface area (Å²) in [5, 5.41) is 13.6. The minimum atomic E-state index is -0.554. The van der Waals surface area contributed by atoms with Crippen LogP contribution in [0, 0.1) is 5.92 Å². The van der Waals surface area contributed by atoms with Crippen molar-refractivity contribution in [3.63, 3.8) is 0 Å². The number of anilines is 1. The zero-order valence-corrected chi connectivity index (χ0v) is 15.0. The first-order chi connectivity index (χ1) is 11.9. The maximum atomic E-state index is 12.5. The number of carbonyl (C=O) groups is 1. The summed E-state index contributed by atoms with van der Waals surface area (Å²) < 4.78 is 1.99. The molecule has 0 saturated heterocycles. The molecule has 7 nitrogen and oxygen atoms in total. The second kappa shape index (κ2) is 7.41. The Bertz CT molecular complexity index is 735. The van der Waals surface area contributed by atoms with Crippen molar-refractivity contribution in [3.8, 4) is 0 Å². The number of nitrogens with one attached hydrogen (secondary N) is 1. The number of aliphatic hydroxyl groups excluding tert-OH is 1. The lowest BCUT2D eigenvalue weighted by atomic mass is 10.1. The summed E-state index contributed by atoms with van der Waals surface area (Å²) in [6.45, 7) is 0.786. The van der Waals surface area contributed by atoms with Gasteiger partial charge in [-0.05, 0) is 24.8 Å².